The lowest BCUT2D eigenvalue weighted by Gasteiger charge is -2.32. The van der Waals surface area contributed by atoms with Crippen molar-refractivity contribution >= 4 is 62.1 Å². The van der Waals surface area contributed by atoms with E-state index in [1.807, 2.05) is 39.8 Å². The zero-order valence-electron chi connectivity index (χ0n) is 21.4. The number of halogens is 1. The Labute approximate surface area is 235 Å². The average Bonchev–Trinajstić information content (AvgIpc) is 3.53. The van der Waals surface area contributed by atoms with Crippen LogP contribution in [-0.4, -0.2) is 54.3 Å². The number of aryl methyl sites for hydroxylation is 1. The molecule has 3 heterocycles. The molecule has 2 aromatic rings. The number of para-hydroxylation sites is 1. The third kappa shape index (κ3) is 5.86. The lowest BCUT2D eigenvalue weighted by molar-refractivity contribution is 0.261. The summed E-state index contributed by atoms with van der Waals surface area (Å²) < 4.78 is 38.3. The maximum atomic E-state index is 13.2. The van der Waals surface area contributed by atoms with Crippen LogP contribution in [0.15, 0.2) is 54.8 Å². The first-order valence-electron chi connectivity index (χ1n) is 12.0. The Morgan fingerprint density at radius 3 is 2.50 bits per heavy atom. The lowest BCUT2D eigenvalue weighted by Crippen LogP contribution is -2.45. The van der Waals surface area contributed by atoms with Crippen molar-refractivity contribution in [2.45, 2.75) is 51.5 Å². The van der Waals surface area contributed by atoms with Crippen molar-refractivity contribution in [1.82, 2.24) is 9.62 Å². The number of furan rings is 1. The number of aliphatic imine (C=N–C) groups is 2. The highest BCUT2D eigenvalue weighted by atomic mass is 127. The largest absolute Gasteiger partial charge is 0.504 e. The Bertz CT molecular complexity index is 1420. The quantitative estimate of drug-likeness (QED) is 0.204. The molecule has 1 aromatic carbocycles. The van der Waals surface area contributed by atoms with Crippen molar-refractivity contribution in [2.75, 3.05) is 18.4 Å². The second-order valence-corrected chi connectivity index (χ2v) is 12.3. The summed E-state index contributed by atoms with van der Waals surface area (Å²) in [5.41, 5.74) is -0.242. The van der Waals surface area contributed by atoms with Crippen LogP contribution in [0.5, 0.6) is 5.75 Å². The maximum Gasteiger partial charge on any atom is 0.246 e. The summed E-state index contributed by atoms with van der Waals surface area (Å²) in [5.74, 6) is 0.915. The summed E-state index contributed by atoms with van der Waals surface area (Å²) in [5, 5.41) is 29.3. The van der Waals surface area contributed by atoms with Crippen molar-refractivity contribution in [3.63, 3.8) is 0 Å². The zero-order chi connectivity index (χ0) is 27.7. The van der Waals surface area contributed by atoms with Crippen molar-refractivity contribution in [3.8, 4) is 5.75 Å². The number of phenolic OH excluding ortho intramolecular Hbond substituents is 1. The van der Waals surface area contributed by atoms with Gasteiger partial charge in [0.1, 0.15) is 16.4 Å². The number of hydrogen-bond acceptors (Lipinski definition) is 9. The molecule has 2 aliphatic rings. The summed E-state index contributed by atoms with van der Waals surface area (Å²) >= 11 is 1.55. The van der Waals surface area contributed by atoms with Gasteiger partial charge in [-0.05, 0) is 49.4 Å². The molecule has 1 aromatic heterocycles. The number of oxime groups is 1. The standard InChI is InChI=1S/C24H30IN7O5S/c1-14-10-11-16(36-14)19(24(2,3)4)28-23-22(30-21(31-37-25)20(26)29-23)27-15-8-7-9-17(18(15)33)38(34,35)32-12-5-6-13-32/h7-11,19,33H,5-6,12-13H2,1-4H3,(H2,26,28,29)(H,27,30,31)/t19-/m0/s1. The molecule has 204 valence electrons. The van der Waals surface area contributed by atoms with Gasteiger partial charge >= 0.3 is 0 Å². The first-order chi connectivity index (χ1) is 17.9. The number of anilines is 1. The molecule has 0 bridgehead atoms. The maximum absolute atomic E-state index is 13.2. The third-order valence-electron chi connectivity index (χ3n) is 6.13. The number of sulfonamides is 1. The van der Waals surface area contributed by atoms with Gasteiger partial charge in [-0.25, -0.2) is 18.4 Å². The van der Waals surface area contributed by atoms with Crippen LogP contribution in [-0.2, 0) is 13.2 Å². The monoisotopic (exact) mass is 655 g/mol. The first-order valence-corrected chi connectivity index (χ1v) is 14.3. The van der Waals surface area contributed by atoms with Crippen LogP contribution >= 0.6 is 23.0 Å². The van der Waals surface area contributed by atoms with Crippen molar-refractivity contribution in [2.24, 2.45) is 20.6 Å². The van der Waals surface area contributed by atoms with E-state index in [1.54, 1.807) is 23.0 Å². The Balaban J connectivity index is 1.72. The van der Waals surface area contributed by atoms with Gasteiger partial charge in [0.25, 0.3) is 0 Å². The van der Waals surface area contributed by atoms with Gasteiger partial charge in [-0.2, -0.15) is 4.31 Å². The molecule has 12 nitrogen and oxygen atoms in total. The highest BCUT2D eigenvalue weighted by Gasteiger charge is 2.34. The molecular formula is C24H30IN7O5S. The van der Waals surface area contributed by atoms with E-state index in [0.29, 0.717) is 18.8 Å². The van der Waals surface area contributed by atoms with Gasteiger partial charge in [0, 0.05) is 13.1 Å². The van der Waals surface area contributed by atoms with Gasteiger partial charge in [0.2, 0.25) is 38.9 Å². The first kappa shape index (κ1) is 28.0. The molecule has 0 saturated carbocycles. The van der Waals surface area contributed by atoms with E-state index < -0.39 is 15.8 Å². The number of hydrogen-bond donors (Lipinski definition) is 4. The van der Waals surface area contributed by atoms with E-state index in [4.69, 9.17) is 13.0 Å². The average molecular weight is 656 g/mol. The Hall–Kier alpha value is -2.98. The fourth-order valence-electron chi connectivity index (χ4n) is 4.20. The number of amidine groups is 4. The molecule has 1 fully saturated rings. The van der Waals surface area contributed by atoms with Gasteiger partial charge < -0.3 is 23.3 Å². The molecule has 0 unspecified atom stereocenters. The predicted octanol–water partition coefficient (Wildman–Crippen LogP) is 4.33. The normalized spacial score (nSPS) is 18.8. The van der Waals surface area contributed by atoms with E-state index in [0.717, 1.165) is 18.6 Å². The molecule has 1 saturated heterocycles. The van der Waals surface area contributed by atoms with Gasteiger partial charge in [0.15, 0.2) is 23.3 Å². The van der Waals surface area contributed by atoms with E-state index in [9.17, 15) is 13.5 Å². The van der Waals surface area contributed by atoms with Crippen LogP contribution in [0.3, 0.4) is 0 Å². The summed E-state index contributed by atoms with van der Waals surface area (Å²) in [6.07, 6.45) is 1.55. The minimum absolute atomic E-state index is 0.0999. The number of nitrogens with one attached hydrogen (secondary N) is 3. The minimum atomic E-state index is -3.88. The van der Waals surface area contributed by atoms with E-state index in [1.165, 1.54) is 22.5 Å². The third-order valence-corrected chi connectivity index (χ3v) is 8.25. The van der Waals surface area contributed by atoms with Crippen molar-refractivity contribution in [1.29, 1.82) is 5.41 Å². The van der Waals surface area contributed by atoms with E-state index in [2.05, 4.69) is 25.8 Å². The highest BCUT2D eigenvalue weighted by molar-refractivity contribution is 14.1. The Kier molecular flexibility index (Phi) is 8.13. The SMILES string of the molecule is Cc1ccc([C@H](NC2=NC(=N)/C(=N\OI)N=C2Nc2cccc(S(=O)(=O)N3CCCC3)c2O)C(C)(C)C)o1. The molecule has 14 heteroatoms. The predicted molar refractivity (Wildman–Crippen MR) is 154 cm³/mol. The van der Waals surface area contributed by atoms with Crippen LogP contribution in [0, 0.1) is 17.7 Å². The molecule has 0 aliphatic carbocycles. The minimum Gasteiger partial charge on any atom is -0.504 e. The van der Waals surface area contributed by atoms with Gasteiger partial charge in [-0.3, -0.25) is 5.41 Å². The topological polar surface area (TPSA) is 165 Å². The molecule has 4 N–H and O–H groups in total. The molecule has 0 amide bonds. The molecular weight excluding hydrogens is 625 g/mol. The van der Waals surface area contributed by atoms with Crippen LogP contribution in [0.2, 0.25) is 0 Å². The molecule has 0 spiro atoms. The summed E-state index contributed by atoms with van der Waals surface area (Å²) in [7, 11) is -3.88. The van der Waals surface area contributed by atoms with Crippen LogP contribution in [0.1, 0.15) is 51.2 Å². The fourth-order valence-corrected chi connectivity index (χ4v) is 6.01. The highest BCUT2D eigenvalue weighted by Crippen LogP contribution is 2.36. The number of benzene rings is 1. The van der Waals surface area contributed by atoms with Gasteiger partial charge in [-0.1, -0.05) is 32.0 Å². The van der Waals surface area contributed by atoms with Crippen molar-refractivity contribution in [3.05, 3.63) is 41.9 Å². The van der Waals surface area contributed by atoms with Crippen molar-refractivity contribution < 1.29 is 21.1 Å². The summed E-state index contributed by atoms with van der Waals surface area (Å²) in [4.78, 5) is 8.52. The number of aromatic hydroxyl groups is 1. The molecule has 0 radical (unpaired) electrons. The lowest BCUT2D eigenvalue weighted by atomic mass is 9.85. The molecule has 2 aliphatic heterocycles. The van der Waals surface area contributed by atoms with Crippen LogP contribution < -0.4 is 10.6 Å². The Morgan fingerprint density at radius 2 is 1.89 bits per heavy atom. The number of rotatable bonds is 6. The summed E-state index contributed by atoms with van der Waals surface area (Å²) in [6.45, 7) is 8.74. The van der Waals surface area contributed by atoms with Gasteiger partial charge in [-0.15, -0.1) is 0 Å². The zero-order valence-corrected chi connectivity index (χ0v) is 24.4. The molecule has 1 atom stereocenters. The van der Waals surface area contributed by atoms with Crippen LogP contribution in [0.25, 0.3) is 0 Å². The second kappa shape index (κ2) is 11.0. The number of nitrogens with zero attached hydrogens (tertiary/aromatic N) is 4. The smallest absolute Gasteiger partial charge is 0.246 e. The van der Waals surface area contributed by atoms with Crippen LogP contribution in [0.4, 0.5) is 5.69 Å². The summed E-state index contributed by atoms with van der Waals surface area (Å²) in [6, 6.07) is 7.79. The fraction of sp³-hybridized carbons (Fsp3) is 0.417. The number of phenols is 1. The van der Waals surface area contributed by atoms with Gasteiger partial charge in [0.05, 0.1) is 11.7 Å². The van der Waals surface area contributed by atoms with E-state index in [-0.39, 0.29) is 45.4 Å². The van der Waals surface area contributed by atoms with E-state index >= 15 is 0 Å². The molecule has 4 rings (SSSR count). The second-order valence-electron chi connectivity index (χ2n) is 10.0. The molecule has 38 heavy (non-hydrogen) atoms. The Morgan fingerprint density at radius 1 is 1.18 bits per heavy atom.